The van der Waals surface area contributed by atoms with Gasteiger partial charge in [0.25, 0.3) is 5.91 Å². The normalized spacial score (nSPS) is 13.0. The molecule has 1 atom stereocenters. The van der Waals surface area contributed by atoms with E-state index in [2.05, 4.69) is 15.5 Å². The molecule has 0 aliphatic heterocycles. The second-order valence-corrected chi connectivity index (χ2v) is 7.51. The highest BCUT2D eigenvalue weighted by molar-refractivity contribution is 7.91. The molecule has 21 heavy (non-hydrogen) atoms. The number of nitrogens with two attached hydrogens (primary N) is 2. The number of nitrogen functional groups attached to an aromatic ring is 1. The van der Waals surface area contributed by atoms with E-state index in [-0.39, 0.29) is 26.5 Å². The van der Waals surface area contributed by atoms with Gasteiger partial charge in [0.15, 0.2) is 9.84 Å². The van der Waals surface area contributed by atoms with Crippen molar-refractivity contribution in [2.75, 3.05) is 17.3 Å². The van der Waals surface area contributed by atoms with Crippen LogP contribution in [0.2, 0.25) is 0 Å². The third kappa shape index (κ3) is 3.00. The van der Waals surface area contributed by atoms with Crippen LogP contribution in [-0.2, 0) is 9.84 Å². The van der Waals surface area contributed by atoms with E-state index >= 15 is 0 Å². The van der Waals surface area contributed by atoms with Crippen LogP contribution in [0.1, 0.15) is 28.2 Å². The zero-order valence-corrected chi connectivity index (χ0v) is 13.0. The van der Waals surface area contributed by atoms with E-state index in [4.69, 9.17) is 11.5 Å². The molecule has 2 aromatic rings. The maximum Gasteiger partial charge on any atom is 0.261 e. The number of aromatic amines is 1. The Morgan fingerprint density at radius 3 is 2.67 bits per heavy atom. The van der Waals surface area contributed by atoms with Crippen LogP contribution in [0.15, 0.2) is 17.3 Å². The van der Waals surface area contributed by atoms with E-state index in [1.165, 1.54) is 0 Å². The van der Waals surface area contributed by atoms with Gasteiger partial charge in [-0.2, -0.15) is 5.10 Å². The number of hydrogen-bond acceptors (Lipinski definition) is 7. The van der Waals surface area contributed by atoms with Crippen molar-refractivity contribution in [2.45, 2.75) is 17.9 Å². The van der Waals surface area contributed by atoms with Crippen molar-refractivity contribution < 1.29 is 13.2 Å². The SMILES string of the molecule is CC(Nc1sc(C(N)=O)c(N)c1S(C)(=O)=O)c1cn[nH]c1. The Balaban J connectivity index is 2.48. The molecule has 0 fully saturated rings. The smallest absolute Gasteiger partial charge is 0.261 e. The van der Waals surface area contributed by atoms with Crippen molar-refractivity contribution in [2.24, 2.45) is 5.73 Å². The van der Waals surface area contributed by atoms with E-state index in [1.54, 1.807) is 12.4 Å². The second kappa shape index (κ2) is 5.37. The average molecular weight is 329 g/mol. The van der Waals surface area contributed by atoms with E-state index < -0.39 is 15.7 Å². The third-order valence-electron chi connectivity index (χ3n) is 2.86. The number of thiophene rings is 1. The molecule has 0 aliphatic rings. The van der Waals surface area contributed by atoms with Crippen molar-refractivity contribution >= 4 is 37.8 Å². The van der Waals surface area contributed by atoms with Gasteiger partial charge in [-0.15, -0.1) is 11.3 Å². The molecule has 0 bridgehead atoms. The van der Waals surface area contributed by atoms with Gasteiger partial charge in [0.2, 0.25) is 0 Å². The summed E-state index contributed by atoms with van der Waals surface area (Å²) in [4.78, 5) is 11.3. The highest BCUT2D eigenvalue weighted by atomic mass is 32.2. The highest BCUT2D eigenvalue weighted by Crippen LogP contribution is 2.40. The number of hydrogen-bond donors (Lipinski definition) is 4. The van der Waals surface area contributed by atoms with Crippen molar-refractivity contribution in [3.63, 3.8) is 0 Å². The van der Waals surface area contributed by atoms with Crippen LogP contribution in [0.25, 0.3) is 0 Å². The Hall–Kier alpha value is -2.07. The Bertz CT molecular complexity index is 764. The Labute approximate surface area is 125 Å². The van der Waals surface area contributed by atoms with E-state index in [1.807, 2.05) is 6.92 Å². The molecule has 0 aliphatic carbocycles. The van der Waals surface area contributed by atoms with E-state index in [0.29, 0.717) is 0 Å². The second-order valence-electron chi connectivity index (χ2n) is 4.54. The van der Waals surface area contributed by atoms with Crippen LogP contribution in [0.4, 0.5) is 10.7 Å². The zero-order chi connectivity index (χ0) is 15.8. The monoisotopic (exact) mass is 329 g/mol. The molecule has 0 saturated heterocycles. The summed E-state index contributed by atoms with van der Waals surface area (Å²) in [6.07, 6.45) is 4.33. The fourth-order valence-electron chi connectivity index (χ4n) is 1.85. The summed E-state index contributed by atoms with van der Waals surface area (Å²) in [6.45, 7) is 1.83. The fourth-order valence-corrected chi connectivity index (χ4v) is 4.35. The van der Waals surface area contributed by atoms with Gasteiger partial charge >= 0.3 is 0 Å². The number of primary amides is 1. The predicted octanol–water partition coefficient (Wildman–Crippen LogP) is 0.729. The number of nitrogens with zero attached hydrogens (tertiary/aromatic N) is 1. The number of amides is 1. The maximum atomic E-state index is 11.9. The molecule has 1 unspecified atom stereocenters. The topological polar surface area (TPSA) is 144 Å². The molecule has 0 saturated carbocycles. The summed E-state index contributed by atoms with van der Waals surface area (Å²) < 4.78 is 23.8. The van der Waals surface area contributed by atoms with Crippen LogP contribution >= 0.6 is 11.3 Å². The summed E-state index contributed by atoms with van der Waals surface area (Å²) in [5, 5.41) is 9.82. The van der Waals surface area contributed by atoms with Crippen molar-refractivity contribution in [3.05, 3.63) is 22.8 Å². The van der Waals surface area contributed by atoms with Gasteiger partial charge in [-0.05, 0) is 6.92 Å². The fraction of sp³-hybridized carbons (Fsp3) is 0.273. The van der Waals surface area contributed by atoms with Gasteiger partial charge in [-0.25, -0.2) is 8.42 Å². The summed E-state index contributed by atoms with van der Waals surface area (Å²) in [5.74, 6) is -0.758. The highest BCUT2D eigenvalue weighted by Gasteiger charge is 2.27. The predicted molar refractivity (Wildman–Crippen MR) is 81.0 cm³/mol. The number of anilines is 2. The first-order chi connectivity index (χ1) is 9.71. The molecule has 114 valence electrons. The quantitative estimate of drug-likeness (QED) is 0.636. The summed E-state index contributed by atoms with van der Waals surface area (Å²) in [5.41, 5.74) is 11.7. The van der Waals surface area contributed by atoms with Crippen molar-refractivity contribution in [1.29, 1.82) is 0 Å². The van der Waals surface area contributed by atoms with Gasteiger partial charge in [-0.1, -0.05) is 0 Å². The summed E-state index contributed by atoms with van der Waals surface area (Å²) in [6, 6.07) is -0.219. The van der Waals surface area contributed by atoms with Crippen LogP contribution in [0.5, 0.6) is 0 Å². The molecule has 10 heteroatoms. The molecule has 1 amide bonds. The number of carbonyl (C=O) groups is 1. The largest absolute Gasteiger partial charge is 0.396 e. The third-order valence-corrected chi connectivity index (χ3v) is 5.31. The number of rotatable bonds is 5. The van der Waals surface area contributed by atoms with Gasteiger partial charge in [-0.3, -0.25) is 9.89 Å². The molecule has 2 aromatic heterocycles. The number of aromatic nitrogens is 2. The molecule has 0 radical (unpaired) electrons. The minimum atomic E-state index is -3.60. The average Bonchev–Trinajstić information content (AvgIpc) is 2.95. The molecule has 2 heterocycles. The maximum absolute atomic E-state index is 11.9. The Kier molecular flexibility index (Phi) is 3.92. The minimum Gasteiger partial charge on any atom is -0.396 e. The Morgan fingerprint density at radius 2 is 2.19 bits per heavy atom. The summed E-state index contributed by atoms with van der Waals surface area (Å²) >= 11 is 0.926. The van der Waals surface area contributed by atoms with E-state index in [0.717, 1.165) is 23.2 Å². The first-order valence-electron chi connectivity index (χ1n) is 5.89. The molecule has 2 rings (SSSR count). The van der Waals surface area contributed by atoms with E-state index in [9.17, 15) is 13.2 Å². The van der Waals surface area contributed by atoms with Crippen LogP contribution in [-0.4, -0.2) is 30.8 Å². The van der Waals surface area contributed by atoms with Gasteiger partial charge in [0.1, 0.15) is 14.8 Å². The van der Waals surface area contributed by atoms with Crippen molar-refractivity contribution in [1.82, 2.24) is 10.2 Å². The van der Waals surface area contributed by atoms with Crippen LogP contribution < -0.4 is 16.8 Å². The minimum absolute atomic E-state index is 0.0253. The van der Waals surface area contributed by atoms with Crippen LogP contribution in [0.3, 0.4) is 0 Å². The lowest BCUT2D eigenvalue weighted by Gasteiger charge is -2.13. The van der Waals surface area contributed by atoms with Crippen molar-refractivity contribution in [3.8, 4) is 0 Å². The molecular weight excluding hydrogens is 314 g/mol. The van der Waals surface area contributed by atoms with Crippen LogP contribution in [0, 0.1) is 0 Å². The zero-order valence-electron chi connectivity index (χ0n) is 11.4. The summed E-state index contributed by atoms with van der Waals surface area (Å²) in [7, 11) is -3.60. The lowest BCUT2D eigenvalue weighted by Crippen LogP contribution is -2.12. The first kappa shape index (κ1) is 15.3. The lowest BCUT2D eigenvalue weighted by molar-refractivity contribution is 0.100. The van der Waals surface area contributed by atoms with Gasteiger partial charge < -0.3 is 16.8 Å². The Morgan fingerprint density at radius 1 is 1.52 bits per heavy atom. The first-order valence-corrected chi connectivity index (χ1v) is 8.60. The van der Waals surface area contributed by atoms with Gasteiger partial charge in [0, 0.05) is 18.0 Å². The molecule has 0 spiro atoms. The molecular formula is C11H15N5O3S2. The lowest BCUT2D eigenvalue weighted by atomic mass is 10.2. The molecule has 8 nitrogen and oxygen atoms in total. The number of H-pyrrole nitrogens is 1. The number of carbonyl (C=O) groups excluding carboxylic acids is 1. The standard InChI is InChI=1S/C11H15N5O3S2/c1-5(6-3-14-15-4-6)16-11-9(21(2,18)19)7(12)8(20-11)10(13)17/h3-5,16H,12H2,1-2H3,(H2,13,17)(H,14,15). The molecule has 0 aromatic carbocycles. The number of sulfone groups is 1. The molecule has 6 N–H and O–H groups in total. The van der Waals surface area contributed by atoms with Gasteiger partial charge in [0.05, 0.1) is 17.9 Å². The number of nitrogens with one attached hydrogen (secondary N) is 2.